The highest BCUT2D eigenvalue weighted by Gasteiger charge is 2.28. The van der Waals surface area contributed by atoms with Crippen molar-refractivity contribution in [3.63, 3.8) is 0 Å². The summed E-state index contributed by atoms with van der Waals surface area (Å²) < 4.78 is 12.1. The molecule has 0 unspecified atom stereocenters. The molecule has 1 aliphatic carbocycles. The Morgan fingerprint density at radius 2 is 1.78 bits per heavy atom. The first-order chi connectivity index (χ1) is 12.7. The van der Waals surface area contributed by atoms with Crippen molar-refractivity contribution < 1.29 is 19.1 Å². The fourth-order valence-electron chi connectivity index (χ4n) is 4.13. The molecule has 5 nitrogen and oxygen atoms in total. The van der Waals surface area contributed by atoms with Crippen LogP contribution in [0.2, 0.25) is 0 Å². The zero-order valence-electron chi connectivity index (χ0n) is 16.9. The summed E-state index contributed by atoms with van der Waals surface area (Å²) in [6.07, 6.45) is 5.55. The molecule has 1 aliphatic rings. The number of fused-ring (bicyclic) bond motifs is 1. The van der Waals surface area contributed by atoms with Crippen LogP contribution in [-0.2, 0) is 9.47 Å². The van der Waals surface area contributed by atoms with Crippen molar-refractivity contribution in [2.45, 2.75) is 71.3 Å². The second-order valence-corrected chi connectivity index (χ2v) is 8.37. The van der Waals surface area contributed by atoms with E-state index in [1.807, 2.05) is 33.8 Å². The molecule has 1 saturated carbocycles. The highest BCUT2D eigenvalue weighted by atomic mass is 16.6. The van der Waals surface area contributed by atoms with Gasteiger partial charge in [0.25, 0.3) is 0 Å². The highest BCUT2D eigenvalue weighted by Crippen LogP contribution is 2.40. The van der Waals surface area contributed by atoms with Crippen LogP contribution < -0.4 is 0 Å². The SMILES string of the molecule is COC(=O)c1ccc2c(C3CCCCC3)c(C)n(C(=O)OC(C)(C)C)c2c1. The summed E-state index contributed by atoms with van der Waals surface area (Å²) in [6, 6.07) is 5.46. The van der Waals surface area contributed by atoms with E-state index in [4.69, 9.17) is 9.47 Å². The van der Waals surface area contributed by atoms with Crippen molar-refractivity contribution in [2.75, 3.05) is 7.11 Å². The number of hydrogen-bond acceptors (Lipinski definition) is 4. The first-order valence-electron chi connectivity index (χ1n) is 9.69. The van der Waals surface area contributed by atoms with Gasteiger partial charge in [0.15, 0.2) is 0 Å². The number of carbonyl (C=O) groups is 2. The average Bonchev–Trinajstić information content (AvgIpc) is 2.91. The van der Waals surface area contributed by atoms with E-state index in [1.165, 1.54) is 31.9 Å². The quantitative estimate of drug-likeness (QED) is 0.648. The van der Waals surface area contributed by atoms with E-state index in [1.54, 1.807) is 16.7 Å². The summed E-state index contributed by atoms with van der Waals surface area (Å²) >= 11 is 0. The molecule has 0 atom stereocenters. The van der Waals surface area contributed by atoms with Gasteiger partial charge in [-0.3, -0.25) is 0 Å². The molecule has 1 aromatic carbocycles. The van der Waals surface area contributed by atoms with Crippen molar-refractivity contribution in [2.24, 2.45) is 0 Å². The first-order valence-corrected chi connectivity index (χ1v) is 9.69. The zero-order chi connectivity index (χ0) is 19.8. The minimum atomic E-state index is -0.592. The fraction of sp³-hybridized carbons (Fsp3) is 0.545. The summed E-state index contributed by atoms with van der Waals surface area (Å²) in [4.78, 5) is 25.0. The molecule has 1 aromatic heterocycles. The van der Waals surface area contributed by atoms with Gasteiger partial charge in [-0.25, -0.2) is 14.2 Å². The number of esters is 1. The van der Waals surface area contributed by atoms with Crippen molar-refractivity contribution in [1.82, 2.24) is 4.57 Å². The molecule has 0 spiro atoms. The lowest BCUT2D eigenvalue weighted by Gasteiger charge is -2.23. The molecular formula is C22H29NO4. The topological polar surface area (TPSA) is 57.5 Å². The molecule has 0 saturated heterocycles. The number of aromatic nitrogens is 1. The predicted molar refractivity (Wildman–Crippen MR) is 105 cm³/mol. The van der Waals surface area contributed by atoms with Crippen molar-refractivity contribution in [3.05, 3.63) is 35.0 Å². The minimum absolute atomic E-state index is 0.408. The Morgan fingerprint density at radius 1 is 1.11 bits per heavy atom. The van der Waals surface area contributed by atoms with Crippen LogP contribution in [0.25, 0.3) is 10.9 Å². The van der Waals surface area contributed by atoms with Gasteiger partial charge < -0.3 is 9.47 Å². The minimum Gasteiger partial charge on any atom is -0.465 e. The third-order valence-electron chi connectivity index (χ3n) is 5.26. The summed E-state index contributed by atoms with van der Waals surface area (Å²) in [5.41, 5.74) is 2.68. The highest BCUT2D eigenvalue weighted by molar-refractivity contribution is 5.99. The van der Waals surface area contributed by atoms with Crippen LogP contribution in [0.1, 0.15) is 80.4 Å². The van der Waals surface area contributed by atoms with E-state index in [0.29, 0.717) is 17.0 Å². The molecule has 5 heteroatoms. The van der Waals surface area contributed by atoms with Gasteiger partial charge in [-0.05, 0) is 64.2 Å². The third-order valence-corrected chi connectivity index (χ3v) is 5.26. The Balaban J connectivity index is 2.19. The maximum Gasteiger partial charge on any atom is 0.419 e. The van der Waals surface area contributed by atoms with Crippen molar-refractivity contribution >= 4 is 23.0 Å². The molecule has 0 radical (unpaired) electrons. The Labute approximate surface area is 160 Å². The van der Waals surface area contributed by atoms with E-state index in [0.717, 1.165) is 23.9 Å². The number of carbonyl (C=O) groups excluding carboxylic acids is 2. The maximum atomic E-state index is 13.0. The van der Waals surface area contributed by atoms with E-state index in [-0.39, 0.29) is 0 Å². The van der Waals surface area contributed by atoms with Gasteiger partial charge in [0, 0.05) is 11.1 Å². The van der Waals surface area contributed by atoms with Crippen LogP contribution in [0, 0.1) is 6.92 Å². The normalized spacial score (nSPS) is 15.7. The van der Waals surface area contributed by atoms with E-state index >= 15 is 0 Å². The molecule has 1 heterocycles. The summed E-state index contributed by atoms with van der Waals surface area (Å²) in [5.74, 6) is 0.0274. The van der Waals surface area contributed by atoms with Gasteiger partial charge in [-0.1, -0.05) is 25.3 Å². The number of hydrogen-bond donors (Lipinski definition) is 0. The Morgan fingerprint density at radius 3 is 2.37 bits per heavy atom. The van der Waals surface area contributed by atoms with Gasteiger partial charge in [0.2, 0.25) is 0 Å². The van der Waals surface area contributed by atoms with E-state index in [2.05, 4.69) is 0 Å². The smallest absolute Gasteiger partial charge is 0.419 e. The number of rotatable bonds is 2. The number of nitrogens with zero attached hydrogens (tertiary/aromatic N) is 1. The monoisotopic (exact) mass is 371 g/mol. The van der Waals surface area contributed by atoms with Crippen LogP contribution in [0.15, 0.2) is 18.2 Å². The summed E-state index contributed by atoms with van der Waals surface area (Å²) in [6.45, 7) is 7.54. The lowest BCUT2D eigenvalue weighted by molar-refractivity contribution is 0.0538. The lowest BCUT2D eigenvalue weighted by Crippen LogP contribution is -2.27. The molecule has 27 heavy (non-hydrogen) atoms. The Bertz CT molecular complexity index is 867. The molecule has 0 aliphatic heterocycles. The summed E-state index contributed by atoms with van der Waals surface area (Å²) in [7, 11) is 1.36. The van der Waals surface area contributed by atoms with Gasteiger partial charge in [-0.15, -0.1) is 0 Å². The number of methoxy groups -OCH3 is 1. The predicted octanol–water partition coefficient (Wildman–Crippen LogP) is 5.57. The molecular weight excluding hydrogens is 342 g/mol. The third kappa shape index (κ3) is 3.87. The van der Waals surface area contributed by atoms with Gasteiger partial charge in [0.1, 0.15) is 5.60 Å². The van der Waals surface area contributed by atoms with Crippen LogP contribution in [-0.4, -0.2) is 29.3 Å². The summed E-state index contributed by atoms with van der Waals surface area (Å²) in [5, 5.41) is 1.03. The first kappa shape index (κ1) is 19.5. The van der Waals surface area contributed by atoms with Gasteiger partial charge in [-0.2, -0.15) is 0 Å². The second kappa shape index (κ2) is 7.37. The van der Waals surface area contributed by atoms with Crippen LogP contribution in [0.5, 0.6) is 0 Å². The molecule has 3 rings (SSSR count). The van der Waals surface area contributed by atoms with Gasteiger partial charge in [0.05, 0.1) is 18.2 Å². The number of ether oxygens (including phenoxy) is 2. The fourth-order valence-corrected chi connectivity index (χ4v) is 4.13. The zero-order valence-corrected chi connectivity index (χ0v) is 16.9. The van der Waals surface area contributed by atoms with Gasteiger partial charge >= 0.3 is 12.1 Å². The number of benzene rings is 1. The molecule has 0 bridgehead atoms. The van der Waals surface area contributed by atoms with Crippen LogP contribution in [0.4, 0.5) is 4.79 Å². The van der Waals surface area contributed by atoms with Crippen molar-refractivity contribution in [3.8, 4) is 0 Å². The molecule has 0 N–H and O–H groups in total. The molecule has 2 aromatic rings. The Kier molecular flexibility index (Phi) is 5.31. The standard InChI is InChI=1S/C22H29NO4/c1-14-19(15-9-7-6-8-10-15)17-12-11-16(20(24)26-5)13-18(17)23(14)21(25)27-22(2,3)4/h11-13,15H,6-10H2,1-5H3. The Hall–Kier alpha value is -2.30. The molecule has 0 amide bonds. The van der Waals surface area contributed by atoms with E-state index < -0.39 is 17.7 Å². The van der Waals surface area contributed by atoms with Crippen LogP contribution in [0.3, 0.4) is 0 Å². The van der Waals surface area contributed by atoms with E-state index in [9.17, 15) is 9.59 Å². The lowest BCUT2D eigenvalue weighted by atomic mass is 9.83. The second-order valence-electron chi connectivity index (χ2n) is 8.37. The largest absolute Gasteiger partial charge is 0.465 e. The average molecular weight is 371 g/mol. The maximum absolute atomic E-state index is 13.0. The van der Waals surface area contributed by atoms with Crippen LogP contribution >= 0.6 is 0 Å². The molecule has 146 valence electrons. The molecule has 1 fully saturated rings. The van der Waals surface area contributed by atoms with Crippen molar-refractivity contribution in [1.29, 1.82) is 0 Å².